The van der Waals surface area contributed by atoms with E-state index in [1.54, 1.807) is 0 Å². The number of hydrogen-bond acceptors (Lipinski definition) is 2. The quantitative estimate of drug-likeness (QED) is 0.775. The van der Waals surface area contributed by atoms with Crippen LogP contribution in [-0.4, -0.2) is 19.4 Å². The van der Waals surface area contributed by atoms with Crippen molar-refractivity contribution in [1.29, 1.82) is 0 Å². The van der Waals surface area contributed by atoms with Crippen molar-refractivity contribution < 1.29 is 4.79 Å². The van der Waals surface area contributed by atoms with Crippen LogP contribution in [0.25, 0.3) is 0 Å². The van der Waals surface area contributed by atoms with Crippen LogP contribution in [0.2, 0.25) is 0 Å². The van der Waals surface area contributed by atoms with Gasteiger partial charge in [-0.25, -0.2) is 0 Å². The van der Waals surface area contributed by atoms with Crippen LogP contribution < -0.4 is 4.90 Å². The van der Waals surface area contributed by atoms with Crippen molar-refractivity contribution in [3.8, 4) is 0 Å². The summed E-state index contributed by atoms with van der Waals surface area (Å²) < 4.78 is 1.01. The maximum atomic E-state index is 10.7. The Labute approximate surface area is 105 Å². The lowest BCUT2D eigenvalue weighted by atomic mass is 10.0. The number of carbonyl (C=O) groups excluding carboxylic acids is 1. The average Bonchev–Trinajstić information content (AvgIpc) is 2.58. The van der Waals surface area contributed by atoms with Gasteiger partial charge in [-0.3, -0.25) is 4.79 Å². The molecular weight excluding hydrogens is 266 g/mol. The van der Waals surface area contributed by atoms with Crippen molar-refractivity contribution in [1.82, 2.24) is 0 Å². The van der Waals surface area contributed by atoms with E-state index in [0.29, 0.717) is 0 Å². The smallest absolute Gasteiger partial charge is 0.150 e. The fraction of sp³-hybridized carbons (Fsp3) is 0.462. The third kappa shape index (κ3) is 2.14. The van der Waals surface area contributed by atoms with Crippen molar-refractivity contribution in [3.05, 3.63) is 28.2 Å². The number of halogens is 1. The van der Waals surface area contributed by atoms with Gasteiger partial charge in [-0.15, -0.1) is 0 Å². The van der Waals surface area contributed by atoms with Crippen LogP contribution in [0, 0.1) is 11.8 Å². The Bertz CT molecular complexity index is 395. The van der Waals surface area contributed by atoms with Gasteiger partial charge in [0.15, 0.2) is 0 Å². The maximum Gasteiger partial charge on any atom is 0.150 e. The van der Waals surface area contributed by atoms with Crippen molar-refractivity contribution in [3.63, 3.8) is 0 Å². The molecule has 16 heavy (non-hydrogen) atoms. The predicted octanol–water partition coefficient (Wildman–Crippen LogP) is 3.35. The molecule has 0 bridgehead atoms. The highest BCUT2D eigenvalue weighted by Crippen LogP contribution is 2.33. The molecule has 0 aliphatic carbocycles. The molecule has 86 valence electrons. The van der Waals surface area contributed by atoms with E-state index in [-0.39, 0.29) is 0 Å². The number of aldehydes is 1. The number of rotatable bonds is 2. The first-order valence-electron chi connectivity index (χ1n) is 5.61. The molecule has 1 heterocycles. The average molecular weight is 282 g/mol. The summed E-state index contributed by atoms with van der Waals surface area (Å²) >= 11 is 3.54. The number of benzene rings is 1. The standard InChI is InChI=1S/C13H16BrNO/c1-9-6-15(7-10(9)2)13-4-3-11(8-16)5-12(13)14/h3-5,8-10H,6-7H2,1-2H3. The molecule has 2 atom stereocenters. The molecule has 0 N–H and O–H groups in total. The molecule has 1 fully saturated rings. The van der Waals surface area contributed by atoms with Crippen LogP contribution in [0.15, 0.2) is 22.7 Å². The first kappa shape index (κ1) is 11.6. The molecule has 2 unspecified atom stereocenters. The fourth-order valence-corrected chi connectivity index (χ4v) is 2.83. The Balaban J connectivity index is 2.25. The molecule has 1 aromatic rings. The van der Waals surface area contributed by atoms with E-state index in [1.165, 1.54) is 5.69 Å². The Hall–Kier alpha value is -0.830. The van der Waals surface area contributed by atoms with E-state index in [0.717, 1.165) is 41.2 Å². The van der Waals surface area contributed by atoms with Gasteiger partial charge in [-0.1, -0.05) is 13.8 Å². The highest BCUT2D eigenvalue weighted by molar-refractivity contribution is 9.10. The second-order valence-corrected chi connectivity index (χ2v) is 5.54. The van der Waals surface area contributed by atoms with Crippen LogP contribution >= 0.6 is 15.9 Å². The van der Waals surface area contributed by atoms with Gasteiger partial charge in [0.1, 0.15) is 6.29 Å². The second-order valence-electron chi connectivity index (χ2n) is 4.69. The molecule has 3 heteroatoms. The molecule has 0 radical (unpaired) electrons. The number of hydrogen-bond donors (Lipinski definition) is 0. The number of anilines is 1. The van der Waals surface area contributed by atoms with Crippen LogP contribution in [0.4, 0.5) is 5.69 Å². The minimum atomic E-state index is 0.718. The summed E-state index contributed by atoms with van der Waals surface area (Å²) in [6, 6.07) is 5.79. The molecule has 0 saturated carbocycles. The van der Waals surface area contributed by atoms with Gasteiger partial charge in [0, 0.05) is 23.1 Å². The Kier molecular flexibility index (Phi) is 3.33. The Morgan fingerprint density at radius 1 is 1.31 bits per heavy atom. The van der Waals surface area contributed by atoms with Crippen LogP contribution in [0.1, 0.15) is 24.2 Å². The molecule has 1 saturated heterocycles. The molecule has 0 aromatic heterocycles. The summed E-state index contributed by atoms with van der Waals surface area (Å²) in [5, 5.41) is 0. The van der Waals surface area contributed by atoms with Crippen LogP contribution in [-0.2, 0) is 0 Å². The van der Waals surface area contributed by atoms with Crippen LogP contribution in [0.3, 0.4) is 0 Å². The van der Waals surface area contributed by atoms with Gasteiger partial charge in [-0.05, 0) is 46.0 Å². The van der Waals surface area contributed by atoms with E-state index in [9.17, 15) is 4.79 Å². The molecule has 0 amide bonds. The predicted molar refractivity (Wildman–Crippen MR) is 70.1 cm³/mol. The Morgan fingerprint density at radius 2 is 1.94 bits per heavy atom. The minimum Gasteiger partial charge on any atom is -0.370 e. The van der Waals surface area contributed by atoms with E-state index in [4.69, 9.17) is 0 Å². The van der Waals surface area contributed by atoms with Gasteiger partial charge >= 0.3 is 0 Å². The normalized spacial score (nSPS) is 24.8. The van der Waals surface area contributed by atoms with E-state index < -0.39 is 0 Å². The molecule has 1 aliphatic heterocycles. The zero-order chi connectivity index (χ0) is 11.7. The lowest BCUT2D eigenvalue weighted by Gasteiger charge is -2.20. The zero-order valence-corrected chi connectivity index (χ0v) is 11.2. The van der Waals surface area contributed by atoms with Crippen molar-refractivity contribution >= 4 is 27.9 Å². The highest BCUT2D eigenvalue weighted by Gasteiger charge is 2.27. The summed E-state index contributed by atoms with van der Waals surface area (Å²) in [6.07, 6.45) is 0.879. The first-order chi connectivity index (χ1) is 7.61. The van der Waals surface area contributed by atoms with E-state index >= 15 is 0 Å². The largest absolute Gasteiger partial charge is 0.370 e. The molecule has 0 spiro atoms. The van der Waals surface area contributed by atoms with Gasteiger partial charge in [-0.2, -0.15) is 0 Å². The lowest BCUT2D eigenvalue weighted by Crippen LogP contribution is -2.19. The Morgan fingerprint density at radius 3 is 2.44 bits per heavy atom. The fourth-order valence-electron chi connectivity index (χ4n) is 2.18. The molecule has 1 aliphatic rings. The third-order valence-electron chi connectivity index (χ3n) is 3.44. The van der Waals surface area contributed by atoms with Gasteiger partial charge < -0.3 is 4.90 Å². The van der Waals surface area contributed by atoms with E-state index in [1.807, 2.05) is 18.2 Å². The molecule has 2 nitrogen and oxygen atoms in total. The topological polar surface area (TPSA) is 20.3 Å². The monoisotopic (exact) mass is 281 g/mol. The lowest BCUT2D eigenvalue weighted by molar-refractivity contribution is 0.112. The van der Waals surface area contributed by atoms with Crippen molar-refractivity contribution in [2.24, 2.45) is 11.8 Å². The molecular formula is C13H16BrNO. The van der Waals surface area contributed by atoms with Gasteiger partial charge in [0.05, 0.1) is 5.69 Å². The number of carbonyl (C=O) groups is 1. The highest BCUT2D eigenvalue weighted by atomic mass is 79.9. The van der Waals surface area contributed by atoms with Crippen molar-refractivity contribution in [2.75, 3.05) is 18.0 Å². The molecule has 2 rings (SSSR count). The minimum absolute atomic E-state index is 0.718. The zero-order valence-electron chi connectivity index (χ0n) is 9.61. The molecule has 1 aromatic carbocycles. The SMILES string of the molecule is CC1CN(c2ccc(C=O)cc2Br)CC1C. The van der Waals surface area contributed by atoms with Crippen LogP contribution in [0.5, 0.6) is 0 Å². The summed E-state index contributed by atoms with van der Waals surface area (Å²) in [5.74, 6) is 1.47. The van der Waals surface area contributed by atoms with Gasteiger partial charge in [0.25, 0.3) is 0 Å². The summed E-state index contributed by atoms with van der Waals surface area (Å²) in [7, 11) is 0. The number of nitrogens with zero attached hydrogens (tertiary/aromatic N) is 1. The first-order valence-corrected chi connectivity index (χ1v) is 6.40. The maximum absolute atomic E-state index is 10.7. The summed E-state index contributed by atoms with van der Waals surface area (Å²) in [6.45, 7) is 6.77. The second kappa shape index (κ2) is 4.58. The third-order valence-corrected chi connectivity index (χ3v) is 4.07. The van der Waals surface area contributed by atoms with Crippen molar-refractivity contribution in [2.45, 2.75) is 13.8 Å². The van der Waals surface area contributed by atoms with E-state index in [2.05, 4.69) is 34.7 Å². The summed E-state index contributed by atoms with van der Waals surface area (Å²) in [4.78, 5) is 13.0. The van der Waals surface area contributed by atoms with Gasteiger partial charge in [0.2, 0.25) is 0 Å². The summed E-state index contributed by atoms with van der Waals surface area (Å²) in [5.41, 5.74) is 1.91.